The number of diazo groups is 1. The second-order valence-electron chi connectivity index (χ2n) is 4.67. The third-order valence-electron chi connectivity index (χ3n) is 3.17. The summed E-state index contributed by atoms with van der Waals surface area (Å²) in [6, 6.07) is 5.50. The minimum atomic E-state index is -0.815. The molecule has 0 N–H and O–H groups in total. The van der Waals surface area contributed by atoms with Crippen LogP contribution in [0.4, 0.5) is 11.4 Å². The summed E-state index contributed by atoms with van der Waals surface area (Å²) < 4.78 is 1.78. The molecule has 0 radical (unpaired) electrons. The van der Waals surface area contributed by atoms with E-state index in [0.29, 0.717) is 5.56 Å². The molecule has 11 heteroatoms. The summed E-state index contributed by atoms with van der Waals surface area (Å²) >= 11 is 0. The highest BCUT2D eigenvalue weighted by Crippen LogP contribution is 2.14. The predicted molar refractivity (Wildman–Crippen MR) is 81.1 cm³/mol. The molecule has 122 valence electrons. The highest BCUT2D eigenvalue weighted by atomic mass is 16.6. The largest absolute Gasteiger partial charge is 0.854 e. The predicted octanol–water partition coefficient (Wildman–Crippen LogP) is 0.125. The van der Waals surface area contributed by atoms with Gasteiger partial charge in [-0.25, -0.2) is 4.79 Å². The van der Waals surface area contributed by atoms with Gasteiger partial charge in [-0.05, 0) is 17.7 Å². The molecule has 0 atom stereocenters. The molecule has 0 aliphatic heterocycles. The molecule has 2 rings (SSSR count). The van der Waals surface area contributed by atoms with Gasteiger partial charge < -0.3 is 9.67 Å². The van der Waals surface area contributed by atoms with Crippen LogP contribution in [0.15, 0.2) is 39.3 Å². The lowest BCUT2D eigenvalue weighted by atomic mass is 10.2. The van der Waals surface area contributed by atoms with Crippen LogP contribution in [0.5, 0.6) is 5.88 Å². The molecule has 1 aromatic carbocycles. The van der Waals surface area contributed by atoms with Crippen molar-refractivity contribution in [3.8, 4) is 5.88 Å². The van der Waals surface area contributed by atoms with Gasteiger partial charge in [0.1, 0.15) is 0 Å². The lowest BCUT2D eigenvalue weighted by molar-refractivity contribution is -0.384. The molecule has 0 unspecified atom stereocenters. The van der Waals surface area contributed by atoms with Crippen molar-refractivity contribution in [3.05, 3.63) is 60.9 Å². The first-order valence-electron chi connectivity index (χ1n) is 6.50. The van der Waals surface area contributed by atoms with Crippen molar-refractivity contribution in [1.82, 2.24) is 9.13 Å². The van der Waals surface area contributed by atoms with Crippen LogP contribution in [0.25, 0.3) is 4.98 Å². The maximum Gasteiger partial charge on any atom is 0.437 e. The summed E-state index contributed by atoms with van der Waals surface area (Å²) in [4.78, 5) is 24.7. The molecule has 0 saturated carbocycles. The summed E-state index contributed by atoms with van der Waals surface area (Å²) in [6.45, 7) is 0. The van der Waals surface area contributed by atoms with E-state index in [-0.39, 0.29) is 11.2 Å². The third kappa shape index (κ3) is 3.02. The molecule has 0 aliphatic rings. The number of nitro groups is 1. The van der Waals surface area contributed by atoms with E-state index in [1.165, 1.54) is 44.6 Å². The molecule has 0 fully saturated rings. The summed E-state index contributed by atoms with van der Waals surface area (Å²) in [6.07, 6.45) is 1.27. The first kappa shape index (κ1) is 16.6. The summed E-state index contributed by atoms with van der Waals surface area (Å²) in [5, 5.41) is 38.8. The summed E-state index contributed by atoms with van der Waals surface area (Å²) in [5.41, 5.74) is -0.860. The fourth-order valence-electron chi connectivity index (χ4n) is 1.85. The van der Waals surface area contributed by atoms with Gasteiger partial charge in [-0.3, -0.25) is 14.7 Å². The Kier molecular flexibility index (Phi) is 4.50. The van der Waals surface area contributed by atoms with E-state index in [0.717, 1.165) is 9.13 Å². The van der Waals surface area contributed by atoms with Gasteiger partial charge >= 0.3 is 11.4 Å². The zero-order chi connectivity index (χ0) is 17.9. The number of hydrogen-bond donors (Lipinski definition) is 0. The van der Waals surface area contributed by atoms with E-state index < -0.39 is 22.2 Å². The van der Waals surface area contributed by atoms with Gasteiger partial charge in [0, 0.05) is 26.2 Å². The fourth-order valence-corrected chi connectivity index (χ4v) is 1.85. The van der Waals surface area contributed by atoms with Crippen LogP contribution in [-0.4, -0.2) is 20.3 Å². The summed E-state index contributed by atoms with van der Waals surface area (Å²) in [7, 11) is 2.58. The van der Waals surface area contributed by atoms with Gasteiger partial charge in [0.25, 0.3) is 11.2 Å². The van der Waals surface area contributed by atoms with Crippen LogP contribution in [-0.2, 0) is 14.1 Å². The van der Waals surface area contributed by atoms with Crippen molar-refractivity contribution >= 4 is 17.6 Å². The Bertz CT molecular complexity index is 993. The molecular weight excluding hydrogens is 318 g/mol. The first-order valence-corrected chi connectivity index (χ1v) is 6.50. The van der Waals surface area contributed by atoms with Gasteiger partial charge in [0.15, 0.2) is 4.98 Å². The Morgan fingerprint density at radius 2 is 1.88 bits per heavy atom. The maximum atomic E-state index is 11.8. The van der Waals surface area contributed by atoms with E-state index >= 15 is 0 Å². The SMILES string of the molecule is Cn1c([O-])c([N+]#N)/c(=N/N=C/c2ccc([N+](=O)[O-])cc2)n(C)c1=O. The highest BCUT2D eigenvalue weighted by Gasteiger charge is 2.18. The van der Waals surface area contributed by atoms with E-state index in [1.54, 1.807) is 0 Å². The molecule has 11 nitrogen and oxygen atoms in total. The van der Waals surface area contributed by atoms with Crippen molar-refractivity contribution in [2.75, 3.05) is 0 Å². The van der Waals surface area contributed by atoms with Gasteiger partial charge in [0.2, 0.25) is 5.39 Å². The number of non-ortho nitro benzene ring substituents is 1. The minimum absolute atomic E-state index is 0.0700. The molecule has 0 saturated heterocycles. The number of nitrogens with zero attached hydrogens (tertiary/aromatic N) is 7. The van der Waals surface area contributed by atoms with Gasteiger partial charge in [-0.2, -0.15) is 5.10 Å². The summed E-state index contributed by atoms with van der Waals surface area (Å²) in [5.74, 6) is -0.815. The van der Waals surface area contributed by atoms with Crippen molar-refractivity contribution in [3.63, 3.8) is 0 Å². The van der Waals surface area contributed by atoms with E-state index in [9.17, 15) is 20.0 Å². The Balaban J connectivity index is 2.48. The normalized spacial score (nSPS) is 11.6. The molecule has 2 aromatic rings. The van der Waals surface area contributed by atoms with Crippen LogP contribution >= 0.6 is 0 Å². The molecule has 0 bridgehead atoms. The zero-order valence-corrected chi connectivity index (χ0v) is 12.7. The van der Waals surface area contributed by atoms with Crippen LogP contribution in [0.3, 0.4) is 0 Å². The van der Waals surface area contributed by atoms with E-state index in [4.69, 9.17) is 5.39 Å². The Hall–Kier alpha value is -3.81. The van der Waals surface area contributed by atoms with Gasteiger partial charge in [-0.1, -0.05) is 0 Å². The van der Waals surface area contributed by atoms with Crippen LogP contribution in [0.1, 0.15) is 5.56 Å². The highest BCUT2D eigenvalue weighted by molar-refractivity contribution is 5.79. The lowest BCUT2D eigenvalue weighted by Gasteiger charge is -2.09. The van der Waals surface area contributed by atoms with E-state index in [1.807, 2.05) is 0 Å². The van der Waals surface area contributed by atoms with Crippen molar-refractivity contribution in [2.24, 2.45) is 24.3 Å². The second-order valence-corrected chi connectivity index (χ2v) is 4.67. The Morgan fingerprint density at radius 1 is 1.25 bits per heavy atom. The third-order valence-corrected chi connectivity index (χ3v) is 3.17. The number of nitro benzene ring substituents is 1. The molecule has 0 amide bonds. The molecule has 24 heavy (non-hydrogen) atoms. The number of hydrogen-bond acceptors (Lipinski definition) is 7. The fraction of sp³-hybridized carbons (Fsp3) is 0.154. The lowest BCUT2D eigenvalue weighted by Crippen LogP contribution is -2.38. The number of benzene rings is 1. The quantitative estimate of drug-likeness (QED) is 0.340. The van der Waals surface area contributed by atoms with Crippen LogP contribution in [0, 0.1) is 15.5 Å². The molecule has 1 aromatic heterocycles. The molecule has 0 spiro atoms. The van der Waals surface area contributed by atoms with Crippen molar-refractivity contribution in [2.45, 2.75) is 0 Å². The number of aromatic nitrogens is 2. The van der Waals surface area contributed by atoms with Gasteiger partial charge in [-0.15, -0.1) is 5.10 Å². The van der Waals surface area contributed by atoms with Crippen LogP contribution < -0.4 is 16.3 Å². The standard InChI is InChI=1S/C13H11N7O4/c1-18-11(10(16-14)12(21)19(2)13(18)22)17-15-7-8-3-5-9(6-4-8)20(23)24/h3-7H,1-2H3/b15-7+. The van der Waals surface area contributed by atoms with Crippen LogP contribution in [0.2, 0.25) is 0 Å². The van der Waals surface area contributed by atoms with E-state index in [2.05, 4.69) is 15.2 Å². The average molecular weight is 329 g/mol. The van der Waals surface area contributed by atoms with Gasteiger partial charge in [0.05, 0.1) is 17.0 Å². The average Bonchev–Trinajstić information content (AvgIpc) is 2.58. The van der Waals surface area contributed by atoms with Crippen molar-refractivity contribution < 1.29 is 10.0 Å². The second kappa shape index (κ2) is 6.53. The maximum absolute atomic E-state index is 11.8. The topological polar surface area (TPSA) is 146 Å². The smallest absolute Gasteiger partial charge is 0.437 e. The Morgan fingerprint density at radius 3 is 2.42 bits per heavy atom. The van der Waals surface area contributed by atoms with Crippen molar-refractivity contribution in [1.29, 1.82) is 5.39 Å². The molecular formula is C13H11N7O4. The molecule has 0 aliphatic carbocycles. The molecule has 1 heterocycles. The zero-order valence-electron chi connectivity index (χ0n) is 12.7. The first-order chi connectivity index (χ1) is 11.4. The Labute approximate surface area is 134 Å². The minimum Gasteiger partial charge on any atom is -0.854 e. The monoisotopic (exact) mass is 329 g/mol. The number of rotatable bonds is 3.